The fourth-order valence-corrected chi connectivity index (χ4v) is 6.69. The standard InChI is InChI=1S/C23H40O5Si/c1-5-24-22-14-10-20(11-15-22)21-12-16-23(17-13-21)25-18-9-19-29(26-6-2,27-7-3)28-8-4/h10-11,14-15,21,23H,5-9,12-13,16-19H2,1-4H3. The topological polar surface area (TPSA) is 46.2 Å². The van der Waals surface area contributed by atoms with Crippen molar-refractivity contribution in [2.75, 3.05) is 33.0 Å². The molecule has 0 N–H and O–H groups in total. The molecule has 0 spiro atoms. The molecule has 166 valence electrons. The summed E-state index contributed by atoms with van der Waals surface area (Å²) in [5, 5.41) is 0. The minimum Gasteiger partial charge on any atom is -0.494 e. The molecule has 1 fully saturated rings. The fraction of sp³-hybridized carbons (Fsp3) is 0.739. The van der Waals surface area contributed by atoms with Gasteiger partial charge in [-0.15, -0.1) is 0 Å². The molecule has 1 aliphatic rings. The Morgan fingerprint density at radius 1 is 0.793 bits per heavy atom. The number of ether oxygens (including phenoxy) is 2. The predicted molar refractivity (Wildman–Crippen MR) is 119 cm³/mol. The van der Waals surface area contributed by atoms with Crippen LogP contribution in [-0.4, -0.2) is 47.9 Å². The van der Waals surface area contributed by atoms with Crippen LogP contribution in [0.1, 0.15) is 71.3 Å². The third-order valence-corrected chi connectivity index (χ3v) is 8.56. The Morgan fingerprint density at radius 3 is 1.90 bits per heavy atom. The second kappa shape index (κ2) is 13.4. The molecule has 1 saturated carbocycles. The van der Waals surface area contributed by atoms with E-state index < -0.39 is 8.80 Å². The Labute approximate surface area is 178 Å². The number of rotatable bonds is 14. The molecule has 0 amide bonds. The summed E-state index contributed by atoms with van der Waals surface area (Å²) in [7, 11) is -2.54. The zero-order chi connectivity index (χ0) is 21.0. The lowest BCUT2D eigenvalue weighted by Gasteiger charge is -2.30. The van der Waals surface area contributed by atoms with E-state index in [-0.39, 0.29) is 0 Å². The molecule has 0 atom stereocenters. The Balaban J connectivity index is 1.71. The molecule has 1 aromatic rings. The van der Waals surface area contributed by atoms with E-state index in [2.05, 4.69) is 24.3 Å². The van der Waals surface area contributed by atoms with Gasteiger partial charge in [-0.25, -0.2) is 0 Å². The van der Waals surface area contributed by atoms with Crippen LogP contribution in [-0.2, 0) is 18.0 Å². The zero-order valence-electron chi connectivity index (χ0n) is 18.8. The Kier molecular flexibility index (Phi) is 11.2. The summed E-state index contributed by atoms with van der Waals surface area (Å²) in [6, 6.07) is 9.44. The fourth-order valence-electron chi connectivity index (χ4n) is 4.11. The third-order valence-electron chi connectivity index (χ3n) is 5.41. The van der Waals surface area contributed by atoms with E-state index in [9.17, 15) is 0 Å². The molecule has 5 nitrogen and oxygen atoms in total. The third kappa shape index (κ3) is 8.02. The highest BCUT2D eigenvalue weighted by Gasteiger charge is 2.39. The molecule has 0 aliphatic heterocycles. The largest absolute Gasteiger partial charge is 0.501 e. The molecule has 0 heterocycles. The summed E-state index contributed by atoms with van der Waals surface area (Å²) >= 11 is 0. The summed E-state index contributed by atoms with van der Waals surface area (Å²) < 4.78 is 29.5. The molecule has 6 heteroatoms. The summed E-state index contributed by atoms with van der Waals surface area (Å²) in [5.74, 6) is 1.60. The van der Waals surface area contributed by atoms with E-state index in [1.807, 2.05) is 27.7 Å². The van der Waals surface area contributed by atoms with Gasteiger partial charge in [0.1, 0.15) is 5.75 Å². The van der Waals surface area contributed by atoms with E-state index in [0.29, 0.717) is 38.4 Å². The van der Waals surface area contributed by atoms with Crippen molar-refractivity contribution in [1.29, 1.82) is 0 Å². The highest BCUT2D eigenvalue weighted by molar-refractivity contribution is 6.60. The van der Waals surface area contributed by atoms with Crippen molar-refractivity contribution in [1.82, 2.24) is 0 Å². The summed E-state index contributed by atoms with van der Waals surface area (Å²) in [6.07, 6.45) is 5.93. The minimum absolute atomic E-state index is 0.372. The van der Waals surface area contributed by atoms with Crippen LogP contribution in [0.4, 0.5) is 0 Å². The van der Waals surface area contributed by atoms with Gasteiger partial charge in [0.15, 0.2) is 0 Å². The second-order valence-corrected chi connectivity index (χ2v) is 10.2. The normalized spacial score (nSPS) is 20.0. The Morgan fingerprint density at radius 2 is 1.38 bits per heavy atom. The van der Waals surface area contributed by atoms with Gasteiger partial charge in [-0.2, -0.15) is 0 Å². The first kappa shape index (κ1) is 24.3. The van der Waals surface area contributed by atoms with Crippen molar-refractivity contribution in [2.45, 2.75) is 77.9 Å². The maximum atomic E-state index is 6.18. The molecule has 0 aromatic heterocycles. The van der Waals surface area contributed by atoms with E-state index in [4.69, 9.17) is 22.8 Å². The molecule has 29 heavy (non-hydrogen) atoms. The van der Waals surface area contributed by atoms with Gasteiger partial charge < -0.3 is 22.8 Å². The molecule has 0 radical (unpaired) electrons. The van der Waals surface area contributed by atoms with Gasteiger partial charge in [0.05, 0.1) is 12.7 Å². The van der Waals surface area contributed by atoms with Gasteiger partial charge in [-0.1, -0.05) is 12.1 Å². The lowest BCUT2D eigenvalue weighted by Crippen LogP contribution is -2.46. The van der Waals surface area contributed by atoms with Gasteiger partial charge in [0.2, 0.25) is 0 Å². The van der Waals surface area contributed by atoms with Crippen LogP contribution in [0, 0.1) is 0 Å². The highest BCUT2D eigenvalue weighted by Crippen LogP contribution is 2.34. The average Bonchev–Trinajstić information content (AvgIpc) is 2.73. The van der Waals surface area contributed by atoms with Crippen LogP contribution < -0.4 is 4.74 Å². The lowest BCUT2D eigenvalue weighted by molar-refractivity contribution is 0.0202. The molecular formula is C23H40O5Si. The number of hydrogen-bond acceptors (Lipinski definition) is 5. The Bertz CT molecular complexity index is 526. The van der Waals surface area contributed by atoms with Crippen LogP contribution in [0.3, 0.4) is 0 Å². The zero-order valence-corrected chi connectivity index (χ0v) is 19.8. The van der Waals surface area contributed by atoms with Crippen molar-refractivity contribution in [2.24, 2.45) is 0 Å². The van der Waals surface area contributed by atoms with Crippen LogP contribution >= 0.6 is 0 Å². The van der Waals surface area contributed by atoms with Gasteiger partial charge in [-0.05, 0) is 83.4 Å². The first-order valence-corrected chi connectivity index (χ1v) is 13.4. The van der Waals surface area contributed by atoms with Gasteiger partial charge in [0.25, 0.3) is 0 Å². The lowest BCUT2D eigenvalue weighted by atomic mass is 9.83. The van der Waals surface area contributed by atoms with E-state index in [1.165, 1.54) is 18.4 Å². The van der Waals surface area contributed by atoms with Crippen molar-refractivity contribution >= 4 is 8.80 Å². The first-order chi connectivity index (χ1) is 14.2. The smallest absolute Gasteiger partial charge is 0.494 e. The SMILES string of the molecule is CCOc1ccc(C2CCC(OCCC[Si](OCC)(OCC)OCC)CC2)cc1. The molecule has 2 rings (SSSR count). The van der Waals surface area contributed by atoms with Gasteiger partial charge in [-0.3, -0.25) is 0 Å². The van der Waals surface area contributed by atoms with Crippen LogP contribution in [0.15, 0.2) is 24.3 Å². The molecule has 1 aromatic carbocycles. The Hall–Kier alpha value is -0.923. The van der Waals surface area contributed by atoms with E-state index >= 15 is 0 Å². The molecule has 0 unspecified atom stereocenters. The minimum atomic E-state index is -2.54. The highest BCUT2D eigenvalue weighted by atomic mass is 28.4. The van der Waals surface area contributed by atoms with Crippen molar-refractivity contribution in [3.63, 3.8) is 0 Å². The predicted octanol–water partition coefficient (Wildman–Crippen LogP) is 5.57. The second-order valence-electron chi connectivity index (χ2n) is 7.43. The van der Waals surface area contributed by atoms with E-state index in [1.54, 1.807) is 0 Å². The van der Waals surface area contributed by atoms with Gasteiger partial charge in [0, 0.05) is 32.5 Å². The average molecular weight is 425 g/mol. The molecule has 0 bridgehead atoms. The summed E-state index contributed by atoms with van der Waals surface area (Å²) in [6.45, 7) is 11.4. The summed E-state index contributed by atoms with van der Waals surface area (Å²) in [5.41, 5.74) is 1.42. The van der Waals surface area contributed by atoms with E-state index in [0.717, 1.165) is 37.7 Å². The monoisotopic (exact) mass is 424 g/mol. The summed E-state index contributed by atoms with van der Waals surface area (Å²) in [4.78, 5) is 0. The van der Waals surface area contributed by atoms with Crippen LogP contribution in [0.5, 0.6) is 5.75 Å². The van der Waals surface area contributed by atoms with Crippen molar-refractivity contribution < 1.29 is 22.8 Å². The number of benzene rings is 1. The van der Waals surface area contributed by atoms with Gasteiger partial charge >= 0.3 is 8.80 Å². The van der Waals surface area contributed by atoms with Crippen LogP contribution in [0.25, 0.3) is 0 Å². The van der Waals surface area contributed by atoms with Crippen molar-refractivity contribution in [3.05, 3.63) is 29.8 Å². The molecular weight excluding hydrogens is 384 g/mol. The maximum Gasteiger partial charge on any atom is 0.501 e. The first-order valence-electron chi connectivity index (χ1n) is 11.4. The van der Waals surface area contributed by atoms with Crippen molar-refractivity contribution in [3.8, 4) is 5.75 Å². The molecule has 0 saturated heterocycles. The quantitative estimate of drug-likeness (QED) is 0.289. The molecule has 1 aliphatic carbocycles. The number of hydrogen-bond donors (Lipinski definition) is 0. The van der Waals surface area contributed by atoms with Crippen LogP contribution in [0.2, 0.25) is 6.04 Å². The maximum absolute atomic E-state index is 6.18.